The van der Waals surface area contributed by atoms with Crippen LogP contribution in [-0.2, 0) is 11.2 Å². The van der Waals surface area contributed by atoms with Gasteiger partial charge in [-0.2, -0.15) is 0 Å². The minimum Gasteiger partial charge on any atom is -0.341 e. The molecule has 0 spiro atoms. The van der Waals surface area contributed by atoms with E-state index >= 15 is 0 Å². The van der Waals surface area contributed by atoms with E-state index in [0.29, 0.717) is 6.42 Å². The van der Waals surface area contributed by atoms with Gasteiger partial charge in [0.25, 0.3) is 0 Å². The summed E-state index contributed by atoms with van der Waals surface area (Å²) in [5.74, 6) is 0.0652. The first kappa shape index (κ1) is 14.4. The largest absolute Gasteiger partial charge is 0.341 e. The number of nitrogens with zero attached hydrogens (tertiary/aromatic N) is 1. The van der Waals surface area contributed by atoms with Crippen molar-refractivity contribution in [3.05, 3.63) is 35.9 Å². The average Bonchev–Trinajstić information content (AvgIpc) is 2.39. The molecule has 1 saturated heterocycles. The maximum absolute atomic E-state index is 12.0. The molecular formula is C15H21ClN2O. The number of hydrogen-bond acceptors (Lipinski definition) is 2. The third-order valence-electron chi connectivity index (χ3n) is 3.52. The molecule has 0 bridgehead atoms. The van der Waals surface area contributed by atoms with E-state index in [0.717, 1.165) is 31.5 Å². The highest BCUT2D eigenvalue weighted by molar-refractivity contribution is 6.20. The standard InChI is InChI=1S/C15H21ClN2O/c1-12(18-9-5-8-14(16)11-18)17-15(19)10-13-6-3-2-4-7-13/h2-4,6-7,12,14H,5,8-11H2,1H3,(H,17,19). The highest BCUT2D eigenvalue weighted by Gasteiger charge is 2.22. The predicted molar refractivity (Wildman–Crippen MR) is 78.2 cm³/mol. The third-order valence-corrected chi connectivity index (χ3v) is 3.88. The van der Waals surface area contributed by atoms with E-state index in [1.165, 1.54) is 0 Å². The highest BCUT2D eigenvalue weighted by Crippen LogP contribution is 2.16. The van der Waals surface area contributed by atoms with Gasteiger partial charge in [0, 0.05) is 18.5 Å². The van der Waals surface area contributed by atoms with Crippen LogP contribution in [0, 0.1) is 0 Å². The van der Waals surface area contributed by atoms with E-state index in [2.05, 4.69) is 10.2 Å². The topological polar surface area (TPSA) is 32.3 Å². The van der Waals surface area contributed by atoms with Crippen molar-refractivity contribution in [1.82, 2.24) is 10.2 Å². The number of amides is 1. The first-order chi connectivity index (χ1) is 9.15. The van der Waals surface area contributed by atoms with E-state index in [1.54, 1.807) is 0 Å². The van der Waals surface area contributed by atoms with Crippen LogP contribution in [0.1, 0.15) is 25.3 Å². The number of benzene rings is 1. The van der Waals surface area contributed by atoms with Gasteiger partial charge >= 0.3 is 0 Å². The van der Waals surface area contributed by atoms with Crippen molar-refractivity contribution in [3.8, 4) is 0 Å². The van der Waals surface area contributed by atoms with E-state index in [1.807, 2.05) is 37.3 Å². The van der Waals surface area contributed by atoms with E-state index < -0.39 is 0 Å². The van der Waals surface area contributed by atoms with Gasteiger partial charge in [-0.1, -0.05) is 30.3 Å². The van der Waals surface area contributed by atoms with Gasteiger partial charge in [0.1, 0.15) is 0 Å². The van der Waals surface area contributed by atoms with Gasteiger partial charge in [-0.25, -0.2) is 0 Å². The van der Waals surface area contributed by atoms with E-state index in [-0.39, 0.29) is 17.5 Å². The number of alkyl halides is 1. The van der Waals surface area contributed by atoms with Gasteiger partial charge in [-0.15, -0.1) is 11.6 Å². The molecule has 1 N–H and O–H groups in total. The Morgan fingerprint density at radius 1 is 1.47 bits per heavy atom. The number of piperidine rings is 1. The molecule has 1 amide bonds. The molecule has 104 valence electrons. The molecule has 1 aromatic rings. The van der Waals surface area contributed by atoms with Crippen LogP contribution in [0.15, 0.2) is 30.3 Å². The SMILES string of the molecule is CC(NC(=O)Cc1ccccc1)N1CCCC(Cl)C1. The van der Waals surface area contributed by atoms with Crippen molar-refractivity contribution < 1.29 is 4.79 Å². The molecule has 1 heterocycles. The quantitative estimate of drug-likeness (QED) is 0.859. The minimum absolute atomic E-state index is 0.0535. The normalized spacial score (nSPS) is 21.9. The second-order valence-corrected chi connectivity index (χ2v) is 5.76. The average molecular weight is 281 g/mol. The molecule has 0 aliphatic carbocycles. The molecule has 3 nitrogen and oxygen atoms in total. The fraction of sp³-hybridized carbons (Fsp3) is 0.533. The summed E-state index contributed by atoms with van der Waals surface area (Å²) in [6.07, 6.45) is 2.66. The first-order valence-corrected chi connectivity index (χ1v) is 7.30. The molecule has 1 aromatic carbocycles. The summed E-state index contributed by atoms with van der Waals surface area (Å²) in [6, 6.07) is 9.81. The van der Waals surface area contributed by atoms with Crippen molar-refractivity contribution >= 4 is 17.5 Å². The van der Waals surface area contributed by atoms with Gasteiger partial charge in [0.05, 0.1) is 12.6 Å². The Morgan fingerprint density at radius 2 is 2.21 bits per heavy atom. The molecular weight excluding hydrogens is 260 g/mol. The van der Waals surface area contributed by atoms with Crippen LogP contribution in [-0.4, -0.2) is 35.4 Å². The molecule has 1 fully saturated rings. The predicted octanol–water partition coefficient (Wildman–Crippen LogP) is 2.39. The van der Waals surface area contributed by atoms with Crippen LogP contribution < -0.4 is 5.32 Å². The number of likely N-dealkylation sites (tertiary alicyclic amines) is 1. The third kappa shape index (κ3) is 4.51. The number of hydrogen-bond donors (Lipinski definition) is 1. The molecule has 19 heavy (non-hydrogen) atoms. The van der Waals surface area contributed by atoms with Gasteiger partial charge in [0.2, 0.25) is 5.91 Å². The maximum atomic E-state index is 12.0. The van der Waals surface area contributed by atoms with Crippen LogP contribution in [0.2, 0.25) is 0 Å². The molecule has 0 radical (unpaired) electrons. The molecule has 1 aliphatic rings. The van der Waals surface area contributed by atoms with Crippen molar-refractivity contribution in [2.24, 2.45) is 0 Å². The monoisotopic (exact) mass is 280 g/mol. The second-order valence-electron chi connectivity index (χ2n) is 5.14. The molecule has 0 aromatic heterocycles. The molecule has 0 saturated carbocycles. The Labute approximate surface area is 119 Å². The molecule has 4 heteroatoms. The summed E-state index contributed by atoms with van der Waals surface area (Å²) in [5.41, 5.74) is 1.04. The lowest BCUT2D eigenvalue weighted by atomic mass is 10.1. The first-order valence-electron chi connectivity index (χ1n) is 6.86. The number of carbonyl (C=O) groups is 1. The lowest BCUT2D eigenvalue weighted by molar-refractivity contribution is -0.122. The lowest BCUT2D eigenvalue weighted by Crippen LogP contribution is -2.50. The van der Waals surface area contributed by atoms with E-state index in [4.69, 9.17) is 11.6 Å². The number of halogens is 1. The van der Waals surface area contributed by atoms with Crippen LogP contribution in [0.5, 0.6) is 0 Å². The van der Waals surface area contributed by atoms with Crippen LogP contribution >= 0.6 is 11.6 Å². The summed E-state index contributed by atoms with van der Waals surface area (Å²) in [6.45, 7) is 3.89. The Hall–Kier alpha value is -1.06. The molecule has 2 atom stereocenters. The highest BCUT2D eigenvalue weighted by atomic mass is 35.5. The Bertz CT molecular complexity index is 410. The molecule has 2 rings (SSSR count). The van der Waals surface area contributed by atoms with Gasteiger partial charge in [0.15, 0.2) is 0 Å². The van der Waals surface area contributed by atoms with Crippen LogP contribution in [0.3, 0.4) is 0 Å². The van der Waals surface area contributed by atoms with Crippen molar-refractivity contribution in [2.45, 2.75) is 37.7 Å². The van der Waals surface area contributed by atoms with Crippen molar-refractivity contribution in [1.29, 1.82) is 0 Å². The van der Waals surface area contributed by atoms with E-state index in [9.17, 15) is 4.79 Å². The summed E-state index contributed by atoms with van der Waals surface area (Å²) < 4.78 is 0. The number of nitrogens with one attached hydrogen (secondary N) is 1. The lowest BCUT2D eigenvalue weighted by Gasteiger charge is -2.34. The fourth-order valence-electron chi connectivity index (χ4n) is 2.46. The zero-order chi connectivity index (χ0) is 13.7. The smallest absolute Gasteiger partial charge is 0.225 e. The molecule has 2 unspecified atom stereocenters. The summed E-state index contributed by atoms with van der Waals surface area (Å²) in [5, 5.41) is 3.26. The maximum Gasteiger partial charge on any atom is 0.225 e. The zero-order valence-electron chi connectivity index (χ0n) is 11.3. The Kier molecular flexibility index (Phi) is 5.23. The molecule has 1 aliphatic heterocycles. The Morgan fingerprint density at radius 3 is 2.89 bits per heavy atom. The van der Waals surface area contributed by atoms with Crippen molar-refractivity contribution in [2.75, 3.05) is 13.1 Å². The fourth-order valence-corrected chi connectivity index (χ4v) is 2.79. The summed E-state index contributed by atoms with van der Waals surface area (Å²) in [7, 11) is 0. The van der Waals surface area contributed by atoms with Crippen LogP contribution in [0.4, 0.5) is 0 Å². The van der Waals surface area contributed by atoms with Gasteiger partial charge in [-0.05, 0) is 25.3 Å². The van der Waals surface area contributed by atoms with Crippen molar-refractivity contribution in [3.63, 3.8) is 0 Å². The summed E-state index contributed by atoms with van der Waals surface area (Å²) in [4.78, 5) is 14.2. The minimum atomic E-state index is 0.0535. The van der Waals surface area contributed by atoms with Gasteiger partial charge < -0.3 is 5.32 Å². The Balaban J connectivity index is 1.81. The second kappa shape index (κ2) is 6.92. The number of carbonyl (C=O) groups excluding carboxylic acids is 1. The zero-order valence-corrected chi connectivity index (χ0v) is 12.1. The van der Waals surface area contributed by atoms with Gasteiger partial charge in [-0.3, -0.25) is 9.69 Å². The van der Waals surface area contributed by atoms with Crippen LogP contribution in [0.25, 0.3) is 0 Å². The summed E-state index contributed by atoms with van der Waals surface area (Å²) >= 11 is 6.17. The number of rotatable bonds is 4.